The molecule has 1 aromatic carbocycles. The predicted octanol–water partition coefficient (Wildman–Crippen LogP) is -0.708. The van der Waals surface area contributed by atoms with Crippen LogP contribution in [-0.4, -0.2) is 78.4 Å². The molecule has 0 atom stereocenters. The molecule has 0 radical (unpaired) electrons. The Kier molecular flexibility index (Phi) is 10.9. The van der Waals surface area contributed by atoms with Crippen molar-refractivity contribution in [1.82, 2.24) is 0 Å². The first-order valence-corrected chi connectivity index (χ1v) is 2.13. The van der Waals surface area contributed by atoms with Gasteiger partial charge in [0, 0.05) is 0 Å². The molecule has 0 heterocycles. The van der Waals surface area contributed by atoms with Crippen molar-refractivity contribution >= 4 is 73.3 Å². The van der Waals surface area contributed by atoms with Gasteiger partial charge < -0.3 is 5.11 Å². The van der Waals surface area contributed by atoms with Gasteiger partial charge >= 0.3 is 73.3 Å². The molecule has 0 aliphatic heterocycles. The third-order valence-corrected chi connectivity index (χ3v) is 0.756. The molecule has 0 amide bonds. The molecule has 1 nitrogen and oxygen atoms in total. The van der Waals surface area contributed by atoms with Crippen molar-refractivity contribution in [3.8, 4) is 5.75 Å². The maximum atomic E-state index is 8.63. The van der Waals surface area contributed by atoms with Crippen molar-refractivity contribution in [2.45, 2.75) is 0 Å². The van der Waals surface area contributed by atoms with Gasteiger partial charge in [0.2, 0.25) is 0 Å². The van der Waals surface area contributed by atoms with Gasteiger partial charge in [0.05, 0.1) is 0 Å². The number of benzene rings is 1. The summed E-state index contributed by atoms with van der Waals surface area (Å²) in [6, 6.07) is 8.71. The summed E-state index contributed by atoms with van der Waals surface area (Å²) < 4.78 is 0. The quantitative estimate of drug-likeness (QED) is 0.608. The second-order valence-electron chi connectivity index (χ2n) is 1.34. The Morgan fingerprint density at radius 3 is 1.67 bits per heavy atom. The molecule has 0 aliphatic rings. The van der Waals surface area contributed by atoms with E-state index in [2.05, 4.69) is 0 Å². The summed E-state index contributed by atoms with van der Waals surface area (Å²) in [6.45, 7) is 0. The van der Waals surface area contributed by atoms with Gasteiger partial charge in [0.1, 0.15) is 5.75 Å². The zero-order valence-electron chi connectivity index (χ0n) is 4.54. The average molecular weight is 358 g/mol. The molecule has 1 aromatic rings. The summed E-state index contributed by atoms with van der Waals surface area (Å²) in [6.07, 6.45) is 0. The summed E-state index contributed by atoms with van der Waals surface area (Å²) in [7, 11) is 0. The molecule has 0 unspecified atom stereocenters. The normalized spacial score (nSPS) is 6.67. The van der Waals surface area contributed by atoms with Crippen LogP contribution < -0.4 is 0 Å². The van der Waals surface area contributed by atoms with E-state index in [-0.39, 0.29) is 73.3 Å². The molecule has 0 aromatic heterocycles. The number of hydrogen-bond acceptors (Lipinski definition) is 1. The van der Waals surface area contributed by atoms with Crippen LogP contribution in [0.15, 0.2) is 30.3 Å². The molecule has 0 aliphatic carbocycles. The van der Waals surface area contributed by atoms with E-state index in [4.69, 9.17) is 5.11 Å². The number of phenolic OH excluding ortho intramolecular Hbond substituents is 1. The van der Waals surface area contributed by atoms with Crippen LogP contribution in [0.5, 0.6) is 5.75 Å². The molecule has 0 spiro atoms. The minimum atomic E-state index is 0. The Bertz CT molecular complexity index is 143. The van der Waals surface area contributed by atoms with Crippen LogP contribution in [0.1, 0.15) is 0 Å². The van der Waals surface area contributed by atoms with Crippen LogP contribution in [0, 0.1) is 0 Å². The van der Waals surface area contributed by atoms with E-state index in [0.717, 1.165) is 0 Å². The SMILES string of the molecule is Oc1ccccc1.[BaH2].[SbH3]. The van der Waals surface area contributed by atoms with Gasteiger partial charge in [-0.15, -0.1) is 0 Å². The topological polar surface area (TPSA) is 20.2 Å². The molecule has 3 heteroatoms. The van der Waals surface area contributed by atoms with Gasteiger partial charge in [-0.05, 0) is 12.1 Å². The van der Waals surface area contributed by atoms with Crippen molar-refractivity contribution in [2.24, 2.45) is 0 Å². The number of aromatic hydroxyl groups is 1. The molecular formula is C6H11BaOSb. The van der Waals surface area contributed by atoms with E-state index in [1.54, 1.807) is 24.3 Å². The Morgan fingerprint density at radius 2 is 1.44 bits per heavy atom. The van der Waals surface area contributed by atoms with E-state index in [9.17, 15) is 0 Å². The van der Waals surface area contributed by atoms with Gasteiger partial charge in [-0.1, -0.05) is 18.2 Å². The van der Waals surface area contributed by atoms with Crippen LogP contribution in [-0.2, 0) is 0 Å². The molecule has 1 rings (SSSR count). The van der Waals surface area contributed by atoms with Crippen LogP contribution in [0.2, 0.25) is 0 Å². The van der Waals surface area contributed by atoms with Crippen molar-refractivity contribution in [3.05, 3.63) is 30.3 Å². The fourth-order valence-electron chi connectivity index (χ4n) is 0.428. The molecule has 9 heavy (non-hydrogen) atoms. The third-order valence-electron chi connectivity index (χ3n) is 0.756. The predicted molar refractivity (Wildman–Crippen MR) is 46.6 cm³/mol. The van der Waals surface area contributed by atoms with Crippen LogP contribution in [0.25, 0.3) is 0 Å². The van der Waals surface area contributed by atoms with Crippen LogP contribution >= 0.6 is 0 Å². The Balaban J connectivity index is 0. The summed E-state index contributed by atoms with van der Waals surface area (Å²) in [4.78, 5) is 0. The van der Waals surface area contributed by atoms with E-state index >= 15 is 0 Å². The summed E-state index contributed by atoms with van der Waals surface area (Å²) in [5.41, 5.74) is 0. The van der Waals surface area contributed by atoms with Gasteiger partial charge in [-0.2, -0.15) is 0 Å². The van der Waals surface area contributed by atoms with Crippen molar-refractivity contribution < 1.29 is 5.11 Å². The first-order chi connectivity index (χ1) is 3.39. The molecule has 0 fully saturated rings. The van der Waals surface area contributed by atoms with E-state index in [0.29, 0.717) is 5.75 Å². The zero-order valence-corrected chi connectivity index (χ0v) is 8.58. The standard InChI is InChI=1S/C6H6O.Ba.Sb.5H/c7-6-4-2-1-3-5-6;;;;;;;/h1-5,7H;;;;;;;. The average Bonchev–Trinajstić information content (AvgIpc) is 1.69. The Labute approximate surface area is 112 Å². The number of para-hydroxylation sites is 1. The Morgan fingerprint density at radius 1 is 1.00 bits per heavy atom. The van der Waals surface area contributed by atoms with E-state index < -0.39 is 0 Å². The number of phenols is 1. The summed E-state index contributed by atoms with van der Waals surface area (Å²) >= 11 is 0. The second-order valence-corrected chi connectivity index (χ2v) is 1.34. The van der Waals surface area contributed by atoms with Crippen molar-refractivity contribution in [2.75, 3.05) is 0 Å². The van der Waals surface area contributed by atoms with E-state index in [1.807, 2.05) is 6.07 Å². The number of hydrogen-bond donors (Lipinski definition) is 1. The van der Waals surface area contributed by atoms with Gasteiger partial charge in [-0.25, -0.2) is 0 Å². The van der Waals surface area contributed by atoms with Crippen molar-refractivity contribution in [1.29, 1.82) is 0 Å². The molecule has 48 valence electrons. The first-order valence-electron chi connectivity index (χ1n) is 2.13. The van der Waals surface area contributed by atoms with Gasteiger partial charge in [0.25, 0.3) is 0 Å². The molecule has 0 saturated carbocycles. The monoisotopic (exact) mass is 358 g/mol. The number of rotatable bonds is 0. The Hall–Kier alpha value is 1.41. The molecule has 1 N–H and O–H groups in total. The minimum absolute atomic E-state index is 0. The van der Waals surface area contributed by atoms with Crippen LogP contribution in [0.3, 0.4) is 0 Å². The third kappa shape index (κ3) is 5.83. The van der Waals surface area contributed by atoms with E-state index in [1.165, 1.54) is 0 Å². The summed E-state index contributed by atoms with van der Waals surface area (Å²) in [5, 5.41) is 8.63. The van der Waals surface area contributed by atoms with Gasteiger partial charge in [-0.3, -0.25) is 0 Å². The maximum absolute atomic E-state index is 8.63. The fraction of sp³-hybridized carbons (Fsp3) is 0. The molecule has 0 saturated heterocycles. The zero-order chi connectivity index (χ0) is 5.11. The molecule has 0 bridgehead atoms. The van der Waals surface area contributed by atoms with Crippen LogP contribution in [0.4, 0.5) is 0 Å². The fourth-order valence-corrected chi connectivity index (χ4v) is 0.428. The van der Waals surface area contributed by atoms with Crippen molar-refractivity contribution in [3.63, 3.8) is 0 Å². The van der Waals surface area contributed by atoms with Gasteiger partial charge in [0.15, 0.2) is 0 Å². The first kappa shape index (κ1) is 13.0. The second kappa shape index (κ2) is 7.52. The summed E-state index contributed by atoms with van der Waals surface area (Å²) in [5.74, 6) is 0.322. The molecular weight excluding hydrogens is 347 g/mol.